The molecule has 0 N–H and O–H groups in total. The van der Waals surface area contributed by atoms with E-state index in [9.17, 15) is 0 Å². The van der Waals surface area contributed by atoms with Gasteiger partial charge in [-0.05, 0) is 19.8 Å². The van der Waals surface area contributed by atoms with E-state index in [-0.39, 0.29) is 5.38 Å². The number of hydrogen-bond donors (Lipinski definition) is 0. The van der Waals surface area contributed by atoms with Crippen LogP contribution >= 0.6 is 11.6 Å². The Morgan fingerprint density at radius 2 is 2.31 bits per heavy atom. The molecule has 0 spiro atoms. The molecule has 1 aromatic rings. The van der Waals surface area contributed by atoms with Crippen LogP contribution in [0.25, 0.3) is 0 Å². The maximum Gasteiger partial charge on any atom is 0.228 e. The number of anilines is 1. The molecular formula is C11H16ClN3O. The van der Waals surface area contributed by atoms with Crippen LogP contribution < -0.4 is 9.64 Å². The van der Waals surface area contributed by atoms with Crippen molar-refractivity contribution in [3.63, 3.8) is 0 Å². The number of halogens is 1. The molecule has 1 aliphatic rings. The molecule has 0 aromatic carbocycles. The van der Waals surface area contributed by atoms with E-state index in [1.165, 1.54) is 0 Å². The molecule has 1 unspecified atom stereocenters. The lowest BCUT2D eigenvalue weighted by molar-refractivity contribution is 0.395. The first kappa shape index (κ1) is 11.5. The fourth-order valence-electron chi connectivity index (χ4n) is 1.88. The van der Waals surface area contributed by atoms with Crippen LogP contribution in [0.1, 0.15) is 18.5 Å². The first-order valence-electron chi connectivity index (χ1n) is 5.47. The number of alkyl halides is 1. The van der Waals surface area contributed by atoms with Gasteiger partial charge >= 0.3 is 0 Å². The zero-order chi connectivity index (χ0) is 11.5. The lowest BCUT2D eigenvalue weighted by atomic mass is 10.1. The van der Waals surface area contributed by atoms with Crippen LogP contribution in [0.3, 0.4) is 0 Å². The van der Waals surface area contributed by atoms with Crippen molar-refractivity contribution in [3.8, 4) is 5.88 Å². The van der Waals surface area contributed by atoms with Crippen LogP contribution in [0.5, 0.6) is 5.88 Å². The predicted molar refractivity (Wildman–Crippen MR) is 64.4 cm³/mol. The molecule has 1 saturated heterocycles. The second kappa shape index (κ2) is 4.87. The van der Waals surface area contributed by atoms with Crippen LogP contribution in [0.2, 0.25) is 0 Å². The molecule has 1 fully saturated rings. The second-order valence-corrected chi connectivity index (χ2v) is 4.65. The number of nitrogens with zero attached hydrogens (tertiary/aromatic N) is 3. The maximum absolute atomic E-state index is 6.15. The van der Waals surface area contributed by atoms with E-state index in [0.717, 1.165) is 37.6 Å². The molecule has 0 bridgehead atoms. The van der Waals surface area contributed by atoms with Crippen molar-refractivity contribution >= 4 is 17.5 Å². The lowest BCUT2D eigenvalue weighted by Gasteiger charge is -2.29. The summed E-state index contributed by atoms with van der Waals surface area (Å²) in [6, 6.07) is 1.83. The highest BCUT2D eigenvalue weighted by Crippen LogP contribution is 2.21. The molecule has 2 heterocycles. The zero-order valence-corrected chi connectivity index (χ0v) is 10.4. The number of piperidine rings is 1. The minimum atomic E-state index is 0.198. The quantitative estimate of drug-likeness (QED) is 0.743. The summed E-state index contributed by atoms with van der Waals surface area (Å²) in [7, 11) is 1.62. The van der Waals surface area contributed by atoms with Gasteiger partial charge in [-0.25, -0.2) is 4.98 Å². The Bertz CT molecular complexity index is 372. The Kier molecular flexibility index (Phi) is 3.49. The minimum Gasteiger partial charge on any atom is -0.481 e. The van der Waals surface area contributed by atoms with Crippen molar-refractivity contribution in [2.24, 2.45) is 0 Å². The molecular weight excluding hydrogens is 226 g/mol. The van der Waals surface area contributed by atoms with Gasteiger partial charge in [0.2, 0.25) is 11.8 Å². The van der Waals surface area contributed by atoms with Gasteiger partial charge in [-0.2, -0.15) is 4.98 Å². The number of aromatic nitrogens is 2. The van der Waals surface area contributed by atoms with Gasteiger partial charge in [-0.15, -0.1) is 11.6 Å². The first-order valence-corrected chi connectivity index (χ1v) is 5.91. The Hall–Kier alpha value is -1.03. The molecule has 5 heteroatoms. The van der Waals surface area contributed by atoms with E-state index in [1.807, 2.05) is 13.0 Å². The van der Waals surface area contributed by atoms with Crippen molar-refractivity contribution in [3.05, 3.63) is 11.8 Å². The molecule has 4 nitrogen and oxygen atoms in total. The first-order chi connectivity index (χ1) is 7.69. The summed E-state index contributed by atoms with van der Waals surface area (Å²) >= 11 is 6.15. The molecule has 0 amide bonds. The van der Waals surface area contributed by atoms with Crippen LogP contribution in [-0.4, -0.2) is 35.5 Å². The average Bonchev–Trinajstić information content (AvgIpc) is 2.28. The molecule has 1 aromatic heterocycles. The Morgan fingerprint density at radius 1 is 1.50 bits per heavy atom. The largest absolute Gasteiger partial charge is 0.481 e. The van der Waals surface area contributed by atoms with Gasteiger partial charge in [-0.3, -0.25) is 0 Å². The summed E-state index contributed by atoms with van der Waals surface area (Å²) < 4.78 is 5.14. The lowest BCUT2D eigenvalue weighted by Crippen LogP contribution is -2.37. The van der Waals surface area contributed by atoms with Crippen LogP contribution in [0, 0.1) is 6.92 Å². The molecule has 88 valence electrons. The topological polar surface area (TPSA) is 38.2 Å². The SMILES string of the molecule is COc1cc(C)nc(N2CCCC(Cl)C2)n1. The third-order valence-electron chi connectivity index (χ3n) is 2.67. The van der Waals surface area contributed by atoms with Gasteiger partial charge in [-0.1, -0.05) is 0 Å². The highest BCUT2D eigenvalue weighted by atomic mass is 35.5. The van der Waals surface area contributed by atoms with Gasteiger partial charge in [0.05, 0.1) is 12.5 Å². The summed E-state index contributed by atoms with van der Waals surface area (Å²) in [5.41, 5.74) is 0.915. The Balaban J connectivity index is 2.21. The van der Waals surface area contributed by atoms with Crippen LogP contribution in [0.4, 0.5) is 5.95 Å². The summed E-state index contributed by atoms with van der Waals surface area (Å²) in [4.78, 5) is 10.9. The number of aryl methyl sites for hydroxylation is 1. The third kappa shape index (κ3) is 2.55. The third-order valence-corrected chi connectivity index (χ3v) is 3.03. The molecule has 2 rings (SSSR count). The van der Waals surface area contributed by atoms with Gasteiger partial charge in [0, 0.05) is 24.8 Å². The van der Waals surface area contributed by atoms with Gasteiger partial charge in [0.15, 0.2) is 0 Å². The zero-order valence-electron chi connectivity index (χ0n) is 9.61. The van der Waals surface area contributed by atoms with Crippen molar-refractivity contribution < 1.29 is 4.74 Å². The molecule has 0 aliphatic carbocycles. The normalized spacial score (nSPS) is 20.9. The van der Waals surface area contributed by atoms with Crippen molar-refractivity contribution in [1.82, 2.24) is 9.97 Å². The highest BCUT2D eigenvalue weighted by molar-refractivity contribution is 6.21. The second-order valence-electron chi connectivity index (χ2n) is 4.04. The van der Waals surface area contributed by atoms with E-state index < -0.39 is 0 Å². The highest BCUT2D eigenvalue weighted by Gasteiger charge is 2.20. The molecule has 1 aliphatic heterocycles. The maximum atomic E-state index is 6.15. The number of rotatable bonds is 2. The minimum absolute atomic E-state index is 0.198. The molecule has 1 atom stereocenters. The molecule has 0 saturated carbocycles. The van der Waals surface area contributed by atoms with E-state index >= 15 is 0 Å². The summed E-state index contributed by atoms with van der Waals surface area (Å²) in [5.74, 6) is 1.33. The smallest absolute Gasteiger partial charge is 0.228 e. The van der Waals surface area contributed by atoms with Gasteiger partial charge in [0.1, 0.15) is 0 Å². The monoisotopic (exact) mass is 241 g/mol. The summed E-state index contributed by atoms with van der Waals surface area (Å²) in [6.45, 7) is 3.72. The van der Waals surface area contributed by atoms with Gasteiger partial charge < -0.3 is 9.64 Å². The van der Waals surface area contributed by atoms with Crippen molar-refractivity contribution in [1.29, 1.82) is 0 Å². The number of hydrogen-bond acceptors (Lipinski definition) is 4. The standard InChI is InChI=1S/C11H16ClN3O/c1-8-6-10(16-2)14-11(13-8)15-5-3-4-9(12)7-15/h6,9H,3-5,7H2,1-2H3. The van der Waals surface area contributed by atoms with Crippen molar-refractivity contribution in [2.75, 3.05) is 25.1 Å². The Labute approximate surface area is 101 Å². The van der Waals surface area contributed by atoms with Crippen LogP contribution in [0.15, 0.2) is 6.07 Å². The Morgan fingerprint density at radius 3 is 3.00 bits per heavy atom. The summed E-state index contributed by atoms with van der Waals surface area (Å²) in [5, 5.41) is 0.198. The fourth-order valence-corrected chi connectivity index (χ4v) is 2.20. The summed E-state index contributed by atoms with van der Waals surface area (Å²) in [6.07, 6.45) is 2.16. The average molecular weight is 242 g/mol. The van der Waals surface area contributed by atoms with E-state index in [1.54, 1.807) is 7.11 Å². The molecule has 0 radical (unpaired) electrons. The van der Waals surface area contributed by atoms with E-state index in [0.29, 0.717) is 5.88 Å². The van der Waals surface area contributed by atoms with Crippen LogP contribution in [-0.2, 0) is 0 Å². The number of ether oxygens (including phenoxy) is 1. The number of methoxy groups -OCH3 is 1. The fraction of sp³-hybridized carbons (Fsp3) is 0.636. The molecule has 16 heavy (non-hydrogen) atoms. The predicted octanol–water partition coefficient (Wildman–Crippen LogP) is 2.00. The van der Waals surface area contributed by atoms with Gasteiger partial charge in [0.25, 0.3) is 0 Å². The van der Waals surface area contributed by atoms with E-state index in [2.05, 4.69) is 14.9 Å². The van der Waals surface area contributed by atoms with E-state index in [4.69, 9.17) is 16.3 Å². The van der Waals surface area contributed by atoms with Crippen molar-refractivity contribution in [2.45, 2.75) is 25.1 Å².